The van der Waals surface area contributed by atoms with E-state index in [1.807, 2.05) is 0 Å². The van der Waals surface area contributed by atoms with Gasteiger partial charge in [-0.2, -0.15) is 0 Å². The largest absolute Gasteiger partial charge is 0.389 e. The van der Waals surface area contributed by atoms with Gasteiger partial charge in [-0.15, -0.1) is 0 Å². The molecule has 0 saturated carbocycles. The summed E-state index contributed by atoms with van der Waals surface area (Å²) in [5.74, 6) is -0.213. The first kappa shape index (κ1) is 17.1. The van der Waals surface area contributed by atoms with Crippen LogP contribution in [-0.2, 0) is 4.74 Å². The Balaban J connectivity index is 1.85. The highest BCUT2D eigenvalue weighted by Gasteiger charge is 2.15. The van der Waals surface area contributed by atoms with Crippen molar-refractivity contribution >= 4 is 16.8 Å². The number of rotatable bonds is 6. The monoisotopic (exact) mass is 344 g/mol. The fraction of sp³-hybridized carbons (Fsp3) is 0.222. The molecule has 1 heterocycles. The van der Waals surface area contributed by atoms with Crippen LogP contribution in [0.5, 0.6) is 0 Å². The number of carbonyl (C=O) groups is 1. The SMILES string of the molecule is COCC(O)CNC(=O)c1ccc2noc(-c3ccc(F)cc3)c2c1. The second kappa shape index (κ2) is 7.42. The number of hydrogen-bond donors (Lipinski definition) is 2. The lowest BCUT2D eigenvalue weighted by Crippen LogP contribution is -2.34. The van der Waals surface area contributed by atoms with Crippen LogP contribution in [0.3, 0.4) is 0 Å². The van der Waals surface area contributed by atoms with Crippen molar-refractivity contribution in [2.45, 2.75) is 6.10 Å². The number of halogens is 1. The molecule has 7 heteroatoms. The van der Waals surface area contributed by atoms with Gasteiger partial charge < -0.3 is 19.7 Å². The summed E-state index contributed by atoms with van der Waals surface area (Å²) in [7, 11) is 1.47. The van der Waals surface area contributed by atoms with E-state index in [4.69, 9.17) is 9.26 Å². The molecule has 0 aliphatic carbocycles. The van der Waals surface area contributed by atoms with Gasteiger partial charge in [0.05, 0.1) is 18.1 Å². The zero-order chi connectivity index (χ0) is 17.8. The van der Waals surface area contributed by atoms with Gasteiger partial charge in [-0.3, -0.25) is 4.79 Å². The van der Waals surface area contributed by atoms with Gasteiger partial charge in [0, 0.05) is 24.8 Å². The molecule has 0 radical (unpaired) electrons. The quantitative estimate of drug-likeness (QED) is 0.717. The number of aliphatic hydroxyl groups excluding tert-OH is 1. The van der Waals surface area contributed by atoms with Crippen LogP contribution in [0.15, 0.2) is 47.0 Å². The molecular weight excluding hydrogens is 327 g/mol. The topological polar surface area (TPSA) is 84.6 Å². The van der Waals surface area contributed by atoms with E-state index in [-0.39, 0.29) is 24.9 Å². The van der Waals surface area contributed by atoms with Crippen molar-refractivity contribution < 1.29 is 23.6 Å². The number of methoxy groups -OCH3 is 1. The Morgan fingerprint density at radius 3 is 2.80 bits per heavy atom. The van der Waals surface area contributed by atoms with Gasteiger partial charge in [-0.05, 0) is 42.5 Å². The molecule has 2 N–H and O–H groups in total. The van der Waals surface area contributed by atoms with Crippen LogP contribution < -0.4 is 5.32 Å². The maximum absolute atomic E-state index is 13.1. The number of nitrogens with zero attached hydrogens (tertiary/aromatic N) is 1. The van der Waals surface area contributed by atoms with E-state index < -0.39 is 6.10 Å². The Morgan fingerprint density at radius 2 is 2.08 bits per heavy atom. The van der Waals surface area contributed by atoms with Gasteiger partial charge in [0.2, 0.25) is 0 Å². The first-order valence-electron chi connectivity index (χ1n) is 7.69. The molecule has 1 aromatic heterocycles. The predicted octanol–water partition coefficient (Wildman–Crippen LogP) is 2.37. The summed E-state index contributed by atoms with van der Waals surface area (Å²) < 4.78 is 23.2. The molecule has 3 rings (SSSR count). The summed E-state index contributed by atoms with van der Waals surface area (Å²) in [5, 5.41) is 16.9. The normalized spacial score (nSPS) is 12.3. The molecule has 1 amide bonds. The van der Waals surface area contributed by atoms with E-state index in [1.54, 1.807) is 30.3 Å². The fourth-order valence-electron chi connectivity index (χ4n) is 2.46. The van der Waals surface area contributed by atoms with E-state index in [0.717, 1.165) is 0 Å². The van der Waals surface area contributed by atoms with Crippen LogP contribution in [-0.4, -0.2) is 42.5 Å². The second-order valence-corrected chi connectivity index (χ2v) is 5.57. The number of nitrogens with one attached hydrogen (secondary N) is 1. The predicted molar refractivity (Wildman–Crippen MR) is 89.6 cm³/mol. The zero-order valence-corrected chi connectivity index (χ0v) is 13.5. The highest BCUT2D eigenvalue weighted by atomic mass is 19.1. The van der Waals surface area contributed by atoms with Gasteiger partial charge in [-0.25, -0.2) is 4.39 Å². The standard InChI is InChI=1S/C18H17FN2O4/c1-24-10-14(22)9-20-18(23)12-4-7-16-15(8-12)17(25-21-16)11-2-5-13(19)6-3-11/h2-8,14,22H,9-10H2,1H3,(H,20,23). The van der Waals surface area contributed by atoms with Crippen LogP contribution in [0, 0.1) is 5.82 Å². The zero-order valence-electron chi connectivity index (χ0n) is 13.5. The molecular formula is C18H17FN2O4. The number of aromatic nitrogens is 1. The molecule has 1 unspecified atom stereocenters. The molecule has 2 aromatic carbocycles. The molecule has 0 spiro atoms. The Bertz CT molecular complexity index is 876. The Kier molecular flexibility index (Phi) is 5.06. The maximum atomic E-state index is 13.1. The number of aliphatic hydroxyl groups is 1. The highest BCUT2D eigenvalue weighted by molar-refractivity contribution is 6.00. The lowest BCUT2D eigenvalue weighted by molar-refractivity contribution is 0.0610. The summed E-state index contributed by atoms with van der Waals surface area (Å²) >= 11 is 0. The van der Waals surface area contributed by atoms with Gasteiger partial charge in [0.1, 0.15) is 11.3 Å². The molecule has 3 aromatic rings. The lowest BCUT2D eigenvalue weighted by atomic mass is 10.1. The third kappa shape index (κ3) is 3.84. The van der Waals surface area contributed by atoms with Gasteiger partial charge >= 0.3 is 0 Å². The minimum absolute atomic E-state index is 0.0825. The van der Waals surface area contributed by atoms with E-state index in [0.29, 0.717) is 27.8 Å². The molecule has 0 bridgehead atoms. The van der Waals surface area contributed by atoms with Crippen molar-refractivity contribution in [3.8, 4) is 11.3 Å². The average Bonchev–Trinajstić information content (AvgIpc) is 3.04. The molecule has 1 atom stereocenters. The van der Waals surface area contributed by atoms with Crippen molar-refractivity contribution in [3.05, 3.63) is 53.8 Å². The average molecular weight is 344 g/mol. The number of amides is 1. The van der Waals surface area contributed by atoms with E-state index in [1.165, 1.54) is 19.2 Å². The van der Waals surface area contributed by atoms with Crippen LogP contribution in [0.1, 0.15) is 10.4 Å². The van der Waals surface area contributed by atoms with Crippen LogP contribution in [0.2, 0.25) is 0 Å². The highest BCUT2D eigenvalue weighted by Crippen LogP contribution is 2.29. The van der Waals surface area contributed by atoms with E-state index >= 15 is 0 Å². The summed E-state index contributed by atoms with van der Waals surface area (Å²) in [6, 6.07) is 10.8. The Labute approximate surface area is 143 Å². The third-order valence-electron chi connectivity index (χ3n) is 3.70. The van der Waals surface area contributed by atoms with Crippen LogP contribution >= 0.6 is 0 Å². The van der Waals surface area contributed by atoms with Gasteiger partial charge in [-0.1, -0.05) is 5.16 Å². The first-order chi connectivity index (χ1) is 12.1. The molecule has 0 saturated heterocycles. The van der Waals surface area contributed by atoms with Crippen molar-refractivity contribution in [2.75, 3.05) is 20.3 Å². The number of fused-ring (bicyclic) bond motifs is 1. The maximum Gasteiger partial charge on any atom is 0.251 e. The summed E-state index contributed by atoms with van der Waals surface area (Å²) in [5.41, 5.74) is 1.66. The molecule has 0 fully saturated rings. The fourth-order valence-corrected chi connectivity index (χ4v) is 2.46. The van der Waals surface area contributed by atoms with Crippen LogP contribution in [0.25, 0.3) is 22.2 Å². The van der Waals surface area contributed by atoms with Crippen molar-refractivity contribution in [1.82, 2.24) is 10.5 Å². The summed E-state index contributed by atoms with van der Waals surface area (Å²) in [4.78, 5) is 12.2. The lowest BCUT2D eigenvalue weighted by Gasteiger charge is -2.10. The smallest absolute Gasteiger partial charge is 0.251 e. The van der Waals surface area contributed by atoms with E-state index in [2.05, 4.69) is 10.5 Å². The minimum Gasteiger partial charge on any atom is -0.389 e. The van der Waals surface area contributed by atoms with Crippen molar-refractivity contribution in [2.24, 2.45) is 0 Å². The molecule has 25 heavy (non-hydrogen) atoms. The summed E-state index contributed by atoms with van der Waals surface area (Å²) in [6.07, 6.45) is -0.775. The second-order valence-electron chi connectivity index (χ2n) is 5.57. The molecule has 130 valence electrons. The number of hydrogen-bond acceptors (Lipinski definition) is 5. The Hall–Kier alpha value is -2.77. The first-order valence-corrected chi connectivity index (χ1v) is 7.69. The van der Waals surface area contributed by atoms with Gasteiger partial charge in [0.25, 0.3) is 5.91 Å². The summed E-state index contributed by atoms with van der Waals surface area (Å²) in [6.45, 7) is 0.221. The number of carbonyl (C=O) groups excluding carboxylic acids is 1. The Morgan fingerprint density at radius 1 is 1.32 bits per heavy atom. The molecule has 6 nitrogen and oxygen atoms in total. The van der Waals surface area contributed by atoms with Crippen molar-refractivity contribution in [3.63, 3.8) is 0 Å². The number of benzene rings is 2. The molecule has 0 aliphatic heterocycles. The minimum atomic E-state index is -0.775. The van der Waals surface area contributed by atoms with Crippen molar-refractivity contribution in [1.29, 1.82) is 0 Å². The molecule has 0 aliphatic rings. The third-order valence-corrected chi connectivity index (χ3v) is 3.70. The van der Waals surface area contributed by atoms with Crippen LogP contribution in [0.4, 0.5) is 4.39 Å². The van der Waals surface area contributed by atoms with E-state index in [9.17, 15) is 14.3 Å². The van der Waals surface area contributed by atoms with Gasteiger partial charge in [0.15, 0.2) is 5.76 Å². The number of ether oxygens (including phenoxy) is 1.